The smallest absolute Gasteiger partial charge is 0.329 e. The lowest BCUT2D eigenvalue weighted by atomic mass is 10.1. The maximum atomic E-state index is 13.1. The topological polar surface area (TPSA) is 126 Å². The fourth-order valence-electron chi connectivity index (χ4n) is 3.78. The third-order valence-corrected chi connectivity index (χ3v) is 6.41. The number of ether oxygens (including phenoxy) is 2. The highest BCUT2D eigenvalue weighted by molar-refractivity contribution is 14.1. The number of urea groups is 1. The van der Waals surface area contributed by atoms with E-state index in [9.17, 15) is 23.6 Å². The summed E-state index contributed by atoms with van der Waals surface area (Å²) in [6.45, 7) is 1.09. The van der Waals surface area contributed by atoms with Crippen molar-refractivity contribution in [1.82, 2.24) is 10.2 Å². The van der Waals surface area contributed by atoms with Gasteiger partial charge < -0.3 is 25.4 Å². The van der Waals surface area contributed by atoms with Crippen molar-refractivity contribution in [3.05, 3.63) is 86.9 Å². The molecule has 3 N–H and O–H groups in total. The summed E-state index contributed by atoms with van der Waals surface area (Å²) < 4.78 is 24.7. The number of rotatable bonds is 9. The first-order valence-corrected chi connectivity index (χ1v) is 13.0. The molecule has 10 nitrogen and oxygen atoms in total. The minimum Gasteiger partial charge on any atom is -0.493 e. The SMILES string of the molecule is COc1cc(/C=C2/NC(=O)N(CC(=O)Nc3cccc(C)c3)C2=O)cc(I)c1OCC(=O)Nc1ccc(F)cc1. The molecule has 0 aliphatic carbocycles. The number of methoxy groups -OCH3 is 1. The third kappa shape index (κ3) is 7.14. The van der Waals surface area contributed by atoms with Crippen LogP contribution in [0.15, 0.2) is 66.4 Å². The minimum atomic E-state index is -0.718. The number of imide groups is 1. The fraction of sp³-hybridized carbons (Fsp3) is 0.143. The van der Waals surface area contributed by atoms with E-state index in [0.29, 0.717) is 32.0 Å². The quantitative estimate of drug-likeness (QED) is 0.179. The Kier molecular flexibility index (Phi) is 8.99. The zero-order valence-electron chi connectivity index (χ0n) is 21.4. The number of benzene rings is 3. The van der Waals surface area contributed by atoms with Crippen molar-refractivity contribution < 1.29 is 33.0 Å². The molecule has 1 saturated heterocycles. The van der Waals surface area contributed by atoms with Gasteiger partial charge in [-0.05, 0) is 95.2 Å². The first-order valence-electron chi connectivity index (χ1n) is 11.9. The van der Waals surface area contributed by atoms with E-state index in [-0.39, 0.29) is 12.3 Å². The molecule has 0 atom stereocenters. The van der Waals surface area contributed by atoms with Crippen LogP contribution in [0, 0.1) is 16.3 Å². The number of carbonyl (C=O) groups excluding carboxylic acids is 4. The Morgan fingerprint density at radius 1 is 1.02 bits per heavy atom. The molecule has 0 radical (unpaired) electrons. The predicted molar refractivity (Wildman–Crippen MR) is 154 cm³/mol. The van der Waals surface area contributed by atoms with Gasteiger partial charge in [0, 0.05) is 11.4 Å². The van der Waals surface area contributed by atoms with E-state index in [2.05, 4.69) is 16.0 Å². The van der Waals surface area contributed by atoms with Crippen molar-refractivity contribution in [3.8, 4) is 11.5 Å². The van der Waals surface area contributed by atoms with Crippen LogP contribution in [-0.2, 0) is 14.4 Å². The van der Waals surface area contributed by atoms with Crippen molar-refractivity contribution in [3.63, 3.8) is 0 Å². The number of halogens is 2. The summed E-state index contributed by atoms with van der Waals surface area (Å²) in [6, 6.07) is 15.0. The zero-order valence-corrected chi connectivity index (χ0v) is 23.6. The van der Waals surface area contributed by atoms with Crippen molar-refractivity contribution in [1.29, 1.82) is 0 Å². The molecule has 1 fully saturated rings. The number of hydrogen-bond acceptors (Lipinski definition) is 6. The maximum absolute atomic E-state index is 13.1. The molecule has 206 valence electrons. The highest BCUT2D eigenvalue weighted by Gasteiger charge is 2.35. The molecule has 0 aromatic heterocycles. The van der Waals surface area contributed by atoms with Crippen molar-refractivity contribution in [2.75, 3.05) is 30.9 Å². The van der Waals surface area contributed by atoms with Gasteiger partial charge >= 0.3 is 6.03 Å². The molecule has 0 bridgehead atoms. The lowest BCUT2D eigenvalue weighted by molar-refractivity contribution is -0.127. The Bertz CT molecular complexity index is 1510. The van der Waals surface area contributed by atoms with Gasteiger partial charge in [0.15, 0.2) is 18.1 Å². The van der Waals surface area contributed by atoms with Crippen LogP contribution in [0.5, 0.6) is 11.5 Å². The Labute approximate surface area is 242 Å². The summed E-state index contributed by atoms with van der Waals surface area (Å²) in [5.41, 5.74) is 2.43. The highest BCUT2D eigenvalue weighted by atomic mass is 127. The monoisotopic (exact) mass is 658 g/mol. The summed E-state index contributed by atoms with van der Waals surface area (Å²) in [5, 5.41) is 7.76. The minimum absolute atomic E-state index is 0.0152. The Balaban J connectivity index is 1.42. The first kappa shape index (κ1) is 28.5. The van der Waals surface area contributed by atoms with Crippen LogP contribution >= 0.6 is 22.6 Å². The number of aryl methyl sites for hydroxylation is 1. The van der Waals surface area contributed by atoms with Crippen LogP contribution in [0.2, 0.25) is 0 Å². The predicted octanol–water partition coefficient (Wildman–Crippen LogP) is 4.30. The van der Waals surface area contributed by atoms with Gasteiger partial charge in [-0.2, -0.15) is 0 Å². The van der Waals surface area contributed by atoms with Gasteiger partial charge in [-0.15, -0.1) is 0 Å². The van der Waals surface area contributed by atoms with Crippen molar-refractivity contribution >= 4 is 63.8 Å². The molecule has 1 heterocycles. The van der Waals surface area contributed by atoms with Crippen molar-refractivity contribution in [2.24, 2.45) is 0 Å². The lowest BCUT2D eigenvalue weighted by Crippen LogP contribution is -2.38. The van der Waals surface area contributed by atoms with Gasteiger partial charge in [-0.3, -0.25) is 14.4 Å². The molecule has 1 aliphatic heterocycles. The molecule has 3 aromatic carbocycles. The van der Waals surface area contributed by atoms with Crippen LogP contribution in [0.3, 0.4) is 0 Å². The van der Waals surface area contributed by atoms with Crippen LogP contribution in [0.4, 0.5) is 20.6 Å². The second-order valence-corrected chi connectivity index (χ2v) is 9.84. The van der Waals surface area contributed by atoms with Gasteiger partial charge in [0.2, 0.25) is 5.91 Å². The molecule has 1 aliphatic rings. The normalized spacial score (nSPS) is 13.7. The van der Waals surface area contributed by atoms with Gasteiger partial charge in [-0.25, -0.2) is 14.1 Å². The Morgan fingerprint density at radius 2 is 1.75 bits per heavy atom. The van der Waals surface area contributed by atoms with E-state index in [0.717, 1.165) is 10.5 Å². The second-order valence-electron chi connectivity index (χ2n) is 8.67. The Morgan fingerprint density at radius 3 is 2.45 bits per heavy atom. The number of nitrogens with one attached hydrogen (secondary N) is 3. The van der Waals surface area contributed by atoms with Crippen LogP contribution in [-0.4, -0.2) is 48.9 Å². The van der Waals surface area contributed by atoms with Crippen LogP contribution in [0.1, 0.15) is 11.1 Å². The summed E-state index contributed by atoms with van der Waals surface area (Å²) in [5.74, 6) is -1.46. The standard InChI is InChI=1S/C28H24FIN4O6/c1-16-4-3-5-20(10-16)32-24(35)14-34-27(37)22(33-28(34)38)12-17-11-21(30)26(23(13-17)39-2)40-15-25(36)31-19-8-6-18(29)7-9-19/h3-13H,14-15H2,1-2H3,(H,31,36)(H,32,35)(H,33,38)/b22-12+. The molecule has 5 amide bonds. The van der Waals surface area contributed by atoms with Crippen LogP contribution in [0.25, 0.3) is 6.08 Å². The fourth-order valence-corrected chi connectivity index (χ4v) is 4.56. The number of amides is 5. The average molecular weight is 658 g/mol. The van der Waals surface area contributed by atoms with E-state index >= 15 is 0 Å². The first-order chi connectivity index (χ1) is 19.1. The van der Waals surface area contributed by atoms with E-state index in [1.807, 2.05) is 35.6 Å². The Hall–Kier alpha value is -4.46. The molecule has 4 rings (SSSR count). The maximum Gasteiger partial charge on any atom is 0.329 e. The van der Waals surface area contributed by atoms with E-state index in [1.165, 1.54) is 37.5 Å². The molecular weight excluding hydrogens is 634 g/mol. The van der Waals surface area contributed by atoms with Gasteiger partial charge in [0.25, 0.3) is 11.8 Å². The van der Waals surface area contributed by atoms with Gasteiger partial charge in [-0.1, -0.05) is 12.1 Å². The summed E-state index contributed by atoms with van der Waals surface area (Å²) >= 11 is 1.99. The molecule has 12 heteroatoms. The number of hydrogen-bond donors (Lipinski definition) is 3. The molecule has 0 spiro atoms. The van der Waals surface area contributed by atoms with Gasteiger partial charge in [0.1, 0.15) is 18.1 Å². The number of carbonyl (C=O) groups is 4. The second kappa shape index (κ2) is 12.6. The molecule has 0 saturated carbocycles. The number of nitrogens with zero attached hydrogens (tertiary/aromatic N) is 1. The largest absolute Gasteiger partial charge is 0.493 e. The van der Waals surface area contributed by atoms with E-state index < -0.39 is 36.1 Å². The lowest BCUT2D eigenvalue weighted by Gasteiger charge is -2.14. The summed E-state index contributed by atoms with van der Waals surface area (Å²) in [4.78, 5) is 50.9. The average Bonchev–Trinajstić information content (AvgIpc) is 3.16. The van der Waals surface area contributed by atoms with E-state index in [4.69, 9.17) is 9.47 Å². The molecule has 3 aromatic rings. The molecule has 40 heavy (non-hydrogen) atoms. The molecule has 0 unspecified atom stereocenters. The van der Waals surface area contributed by atoms with E-state index in [1.54, 1.807) is 30.3 Å². The van der Waals surface area contributed by atoms with Crippen LogP contribution < -0.4 is 25.4 Å². The zero-order chi connectivity index (χ0) is 28.8. The summed E-state index contributed by atoms with van der Waals surface area (Å²) in [7, 11) is 1.42. The summed E-state index contributed by atoms with van der Waals surface area (Å²) in [6.07, 6.45) is 1.45. The highest BCUT2D eigenvalue weighted by Crippen LogP contribution is 2.35. The number of anilines is 2. The van der Waals surface area contributed by atoms with Crippen molar-refractivity contribution in [2.45, 2.75) is 6.92 Å². The third-order valence-electron chi connectivity index (χ3n) is 5.60. The molecular formula is C28H24FIN4O6. The van der Waals surface area contributed by atoms with Gasteiger partial charge in [0.05, 0.1) is 10.7 Å².